The van der Waals surface area contributed by atoms with Crippen molar-refractivity contribution in [1.29, 1.82) is 0 Å². The highest BCUT2D eigenvalue weighted by molar-refractivity contribution is 5.81. The van der Waals surface area contributed by atoms with Gasteiger partial charge < -0.3 is 14.4 Å². The van der Waals surface area contributed by atoms with Crippen LogP contribution in [0.15, 0.2) is 0 Å². The number of nitrogens with one attached hydrogen (secondary N) is 1. The highest BCUT2D eigenvalue weighted by atomic mass is 16.5. The minimum absolute atomic E-state index is 0.116. The third-order valence-corrected chi connectivity index (χ3v) is 3.82. The van der Waals surface area contributed by atoms with Gasteiger partial charge in [-0.1, -0.05) is 0 Å². The van der Waals surface area contributed by atoms with Crippen LogP contribution in [0.4, 0.5) is 0 Å². The number of methoxy groups -OCH3 is 1. The SMILES string of the molecule is CCOC(=O)C1(NCCOC)CCN(C(C)C)CC1. The van der Waals surface area contributed by atoms with E-state index in [0.29, 0.717) is 25.8 Å². The van der Waals surface area contributed by atoms with Crippen molar-refractivity contribution < 1.29 is 14.3 Å². The Balaban J connectivity index is 2.63. The molecule has 1 saturated heterocycles. The molecule has 19 heavy (non-hydrogen) atoms. The zero-order valence-electron chi connectivity index (χ0n) is 12.7. The van der Waals surface area contributed by atoms with Crippen LogP contribution in [-0.2, 0) is 14.3 Å². The van der Waals surface area contributed by atoms with Gasteiger partial charge in [-0.2, -0.15) is 0 Å². The van der Waals surface area contributed by atoms with Gasteiger partial charge in [-0.15, -0.1) is 0 Å². The van der Waals surface area contributed by atoms with E-state index in [-0.39, 0.29) is 5.97 Å². The molecule has 112 valence electrons. The largest absolute Gasteiger partial charge is 0.465 e. The zero-order chi connectivity index (χ0) is 14.3. The molecule has 1 aliphatic heterocycles. The van der Waals surface area contributed by atoms with E-state index in [1.165, 1.54) is 0 Å². The van der Waals surface area contributed by atoms with Gasteiger partial charge in [-0.3, -0.25) is 10.1 Å². The van der Waals surface area contributed by atoms with Crippen molar-refractivity contribution in [3.8, 4) is 0 Å². The van der Waals surface area contributed by atoms with Gasteiger partial charge in [0.1, 0.15) is 5.54 Å². The Bertz CT molecular complexity index is 274. The number of carbonyl (C=O) groups is 1. The molecular formula is C14H28N2O3. The lowest BCUT2D eigenvalue weighted by molar-refractivity contribution is -0.153. The quantitative estimate of drug-likeness (QED) is 0.554. The van der Waals surface area contributed by atoms with Crippen LogP contribution in [0.25, 0.3) is 0 Å². The number of piperidine rings is 1. The minimum Gasteiger partial charge on any atom is -0.465 e. The number of likely N-dealkylation sites (tertiary alicyclic amines) is 1. The fourth-order valence-corrected chi connectivity index (χ4v) is 2.54. The number of hydrogen-bond acceptors (Lipinski definition) is 5. The molecule has 5 heteroatoms. The smallest absolute Gasteiger partial charge is 0.326 e. The lowest BCUT2D eigenvalue weighted by Crippen LogP contribution is -2.60. The first-order valence-electron chi connectivity index (χ1n) is 7.21. The summed E-state index contributed by atoms with van der Waals surface area (Å²) in [5, 5.41) is 3.35. The summed E-state index contributed by atoms with van der Waals surface area (Å²) in [6.45, 7) is 9.80. The van der Waals surface area contributed by atoms with Crippen LogP contribution < -0.4 is 5.32 Å². The molecule has 1 aliphatic rings. The molecule has 0 spiro atoms. The van der Waals surface area contributed by atoms with Crippen molar-refractivity contribution in [2.75, 3.05) is 40.0 Å². The Labute approximate surface area is 116 Å². The second kappa shape index (κ2) is 7.82. The predicted octanol–water partition coefficient (Wildman–Crippen LogP) is 1.03. The van der Waals surface area contributed by atoms with Gasteiger partial charge in [-0.25, -0.2) is 0 Å². The van der Waals surface area contributed by atoms with E-state index < -0.39 is 5.54 Å². The Kier molecular flexibility index (Phi) is 6.75. The lowest BCUT2D eigenvalue weighted by Gasteiger charge is -2.42. The fraction of sp³-hybridized carbons (Fsp3) is 0.929. The van der Waals surface area contributed by atoms with Crippen molar-refractivity contribution in [3.63, 3.8) is 0 Å². The molecule has 1 N–H and O–H groups in total. The van der Waals surface area contributed by atoms with E-state index in [1.807, 2.05) is 6.92 Å². The van der Waals surface area contributed by atoms with Crippen molar-refractivity contribution in [1.82, 2.24) is 10.2 Å². The molecule has 0 aromatic rings. The van der Waals surface area contributed by atoms with Crippen LogP contribution in [0.2, 0.25) is 0 Å². The summed E-state index contributed by atoms with van der Waals surface area (Å²) >= 11 is 0. The van der Waals surface area contributed by atoms with E-state index in [2.05, 4.69) is 24.1 Å². The molecule has 0 saturated carbocycles. The highest BCUT2D eigenvalue weighted by Gasteiger charge is 2.42. The van der Waals surface area contributed by atoms with Crippen LogP contribution >= 0.6 is 0 Å². The number of carbonyl (C=O) groups excluding carboxylic acids is 1. The molecule has 1 rings (SSSR count). The average Bonchev–Trinajstić information content (AvgIpc) is 2.39. The number of rotatable bonds is 7. The third-order valence-electron chi connectivity index (χ3n) is 3.82. The van der Waals surface area contributed by atoms with Crippen molar-refractivity contribution in [2.45, 2.75) is 45.2 Å². The van der Waals surface area contributed by atoms with Gasteiger partial charge in [0, 0.05) is 32.8 Å². The molecule has 1 fully saturated rings. The third kappa shape index (κ3) is 4.44. The molecule has 0 atom stereocenters. The molecular weight excluding hydrogens is 244 g/mol. The standard InChI is InChI=1S/C14H28N2O3/c1-5-19-13(17)14(15-8-11-18-4)6-9-16(10-7-14)12(2)3/h12,15H,5-11H2,1-4H3. The maximum Gasteiger partial charge on any atom is 0.326 e. The first-order chi connectivity index (χ1) is 9.05. The molecule has 5 nitrogen and oxygen atoms in total. The molecule has 0 radical (unpaired) electrons. The lowest BCUT2D eigenvalue weighted by atomic mass is 9.87. The monoisotopic (exact) mass is 272 g/mol. The van der Waals surface area contributed by atoms with Gasteiger partial charge in [0.05, 0.1) is 13.2 Å². The number of esters is 1. The molecule has 0 amide bonds. The minimum atomic E-state index is -0.528. The summed E-state index contributed by atoms with van der Waals surface area (Å²) in [6, 6.07) is 0.527. The van der Waals surface area contributed by atoms with E-state index in [9.17, 15) is 4.79 Å². The molecule has 0 aromatic heterocycles. The number of ether oxygens (including phenoxy) is 2. The maximum absolute atomic E-state index is 12.2. The van der Waals surface area contributed by atoms with E-state index in [4.69, 9.17) is 9.47 Å². The Morgan fingerprint density at radius 2 is 2.00 bits per heavy atom. The molecule has 0 aliphatic carbocycles. The van der Waals surface area contributed by atoms with Crippen LogP contribution in [0.5, 0.6) is 0 Å². The Morgan fingerprint density at radius 1 is 1.37 bits per heavy atom. The van der Waals surface area contributed by atoms with Crippen LogP contribution in [-0.4, -0.2) is 62.4 Å². The summed E-state index contributed by atoms with van der Waals surface area (Å²) in [7, 11) is 1.67. The van der Waals surface area contributed by atoms with E-state index >= 15 is 0 Å². The zero-order valence-corrected chi connectivity index (χ0v) is 12.7. The summed E-state index contributed by atoms with van der Waals surface area (Å²) in [4.78, 5) is 14.6. The summed E-state index contributed by atoms with van der Waals surface area (Å²) in [5.74, 6) is -0.116. The second-order valence-electron chi connectivity index (χ2n) is 5.35. The first kappa shape index (κ1) is 16.4. The van der Waals surface area contributed by atoms with Gasteiger partial charge in [0.15, 0.2) is 0 Å². The summed E-state index contributed by atoms with van der Waals surface area (Å²) in [5.41, 5.74) is -0.528. The average molecular weight is 272 g/mol. The van der Waals surface area contributed by atoms with Crippen LogP contribution in [0.1, 0.15) is 33.6 Å². The number of nitrogens with zero attached hydrogens (tertiary/aromatic N) is 1. The van der Waals surface area contributed by atoms with Crippen molar-refractivity contribution >= 4 is 5.97 Å². The van der Waals surface area contributed by atoms with Gasteiger partial charge >= 0.3 is 5.97 Å². The molecule has 1 heterocycles. The van der Waals surface area contributed by atoms with Gasteiger partial charge in [-0.05, 0) is 33.6 Å². The second-order valence-corrected chi connectivity index (χ2v) is 5.35. The molecule has 0 bridgehead atoms. The van der Waals surface area contributed by atoms with Crippen molar-refractivity contribution in [2.24, 2.45) is 0 Å². The van der Waals surface area contributed by atoms with E-state index in [1.54, 1.807) is 7.11 Å². The van der Waals surface area contributed by atoms with Gasteiger partial charge in [0.25, 0.3) is 0 Å². The number of hydrogen-bond donors (Lipinski definition) is 1. The molecule has 0 unspecified atom stereocenters. The first-order valence-corrected chi connectivity index (χ1v) is 7.21. The van der Waals surface area contributed by atoms with Crippen LogP contribution in [0.3, 0.4) is 0 Å². The Hall–Kier alpha value is -0.650. The fourth-order valence-electron chi connectivity index (χ4n) is 2.54. The summed E-state index contributed by atoms with van der Waals surface area (Å²) in [6.07, 6.45) is 1.60. The van der Waals surface area contributed by atoms with Crippen molar-refractivity contribution in [3.05, 3.63) is 0 Å². The van der Waals surface area contributed by atoms with Gasteiger partial charge in [0.2, 0.25) is 0 Å². The topological polar surface area (TPSA) is 50.8 Å². The Morgan fingerprint density at radius 3 is 2.47 bits per heavy atom. The summed E-state index contributed by atoms with van der Waals surface area (Å²) < 4.78 is 10.3. The van der Waals surface area contributed by atoms with E-state index in [0.717, 1.165) is 25.9 Å². The van der Waals surface area contributed by atoms with Crippen LogP contribution in [0, 0.1) is 0 Å². The predicted molar refractivity (Wildman–Crippen MR) is 75.2 cm³/mol. The normalized spacial score (nSPS) is 19.6. The highest BCUT2D eigenvalue weighted by Crippen LogP contribution is 2.25. The maximum atomic E-state index is 12.2. The molecule has 0 aromatic carbocycles.